The van der Waals surface area contributed by atoms with E-state index in [9.17, 15) is 0 Å². The van der Waals surface area contributed by atoms with Gasteiger partial charge in [0.15, 0.2) is 0 Å². The number of hydrogen-bond donors (Lipinski definition) is 0. The zero-order chi connectivity index (χ0) is 16.4. The molecule has 4 heteroatoms. The molecule has 3 aromatic rings. The fraction of sp³-hybridized carbons (Fsp3) is 0.300. The Kier molecular flexibility index (Phi) is 4.13. The third-order valence-corrected chi connectivity index (χ3v) is 4.70. The Morgan fingerprint density at radius 1 is 1.00 bits per heavy atom. The lowest BCUT2D eigenvalue weighted by atomic mass is 10.0. The molecule has 2 aromatic heterocycles. The van der Waals surface area contributed by atoms with Crippen LogP contribution < -0.4 is 0 Å². The summed E-state index contributed by atoms with van der Waals surface area (Å²) in [5, 5.41) is 4.25. The van der Waals surface area contributed by atoms with Gasteiger partial charge in [0.05, 0.1) is 11.4 Å². The minimum absolute atomic E-state index is 1.02. The molecule has 4 rings (SSSR count). The predicted molar refractivity (Wildman–Crippen MR) is 96.4 cm³/mol. The van der Waals surface area contributed by atoms with Crippen molar-refractivity contribution < 1.29 is 0 Å². The van der Waals surface area contributed by atoms with Crippen LogP contribution in [0.25, 0.3) is 22.5 Å². The van der Waals surface area contributed by atoms with Crippen molar-refractivity contribution in [2.45, 2.75) is 19.4 Å². The van der Waals surface area contributed by atoms with E-state index in [0.717, 1.165) is 29.1 Å². The zero-order valence-corrected chi connectivity index (χ0v) is 14.0. The van der Waals surface area contributed by atoms with Gasteiger partial charge < -0.3 is 0 Å². The molecule has 0 radical (unpaired) electrons. The van der Waals surface area contributed by atoms with Crippen LogP contribution in [0.1, 0.15) is 18.4 Å². The Hall–Kier alpha value is -2.46. The summed E-state index contributed by atoms with van der Waals surface area (Å²) in [5.74, 6) is 0. The number of likely N-dealkylation sites (tertiary alicyclic amines) is 1. The van der Waals surface area contributed by atoms with Crippen LogP contribution in [0.5, 0.6) is 0 Å². The van der Waals surface area contributed by atoms with Crippen molar-refractivity contribution in [1.29, 1.82) is 0 Å². The largest absolute Gasteiger partial charge is 0.299 e. The first-order valence-corrected chi connectivity index (χ1v) is 8.56. The van der Waals surface area contributed by atoms with E-state index in [2.05, 4.69) is 51.4 Å². The standard InChI is InChI=1S/C20H22N4/c1-23-20(9-10-22-23)18-6-4-5-17(13-18)19-8-7-16(14-21-19)15-24-11-2-3-12-24/h4-10,13-14H,2-3,11-12,15H2,1H3. The molecule has 1 saturated heterocycles. The number of hydrogen-bond acceptors (Lipinski definition) is 3. The lowest BCUT2D eigenvalue weighted by Gasteiger charge is -2.14. The lowest BCUT2D eigenvalue weighted by molar-refractivity contribution is 0.331. The molecule has 1 fully saturated rings. The van der Waals surface area contributed by atoms with E-state index in [-0.39, 0.29) is 0 Å². The second-order valence-corrected chi connectivity index (χ2v) is 6.46. The topological polar surface area (TPSA) is 34.0 Å². The highest BCUT2D eigenvalue weighted by atomic mass is 15.3. The van der Waals surface area contributed by atoms with Crippen molar-refractivity contribution in [2.24, 2.45) is 7.05 Å². The van der Waals surface area contributed by atoms with Crippen LogP contribution in [-0.2, 0) is 13.6 Å². The van der Waals surface area contributed by atoms with Gasteiger partial charge in [-0.05, 0) is 49.7 Å². The Labute approximate surface area is 142 Å². The minimum atomic E-state index is 1.02. The van der Waals surface area contributed by atoms with Crippen LogP contribution in [0.3, 0.4) is 0 Å². The fourth-order valence-electron chi connectivity index (χ4n) is 3.38. The van der Waals surface area contributed by atoms with Gasteiger partial charge in [-0.2, -0.15) is 5.10 Å². The Morgan fingerprint density at radius 3 is 2.54 bits per heavy atom. The van der Waals surface area contributed by atoms with E-state index in [0.29, 0.717) is 0 Å². The number of aryl methyl sites for hydroxylation is 1. The number of aromatic nitrogens is 3. The van der Waals surface area contributed by atoms with Gasteiger partial charge >= 0.3 is 0 Å². The van der Waals surface area contributed by atoms with E-state index in [1.807, 2.05) is 30.2 Å². The molecule has 0 atom stereocenters. The van der Waals surface area contributed by atoms with Gasteiger partial charge in [0.2, 0.25) is 0 Å². The summed E-state index contributed by atoms with van der Waals surface area (Å²) in [6.45, 7) is 3.45. The molecule has 0 bridgehead atoms. The van der Waals surface area contributed by atoms with Gasteiger partial charge in [-0.25, -0.2) is 0 Å². The van der Waals surface area contributed by atoms with E-state index in [1.54, 1.807) is 0 Å². The van der Waals surface area contributed by atoms with Crippen LogP contribution in [-0.4, -0.2) is 32.8 Å². The number of nitrogens with zero attached hydrogens (tertiary/aromatic N) is 4. The molecule has 24 heavy (non-hydrogen) atoms. The van der Waals surface area contributed by atoms with Crippen molar-refractivity contribution in [3.8, 4) is 22.5 Å². The molecule has 0 unspecified atom stereocenters. The second-order valence-electron chi connectivity index (χ2n) is 6.46. The van der Waals surface area contributed by atoms with Crippen molar-refractivity contribution in [3.05, 3.63) is 60.4 Å². The monoisotopic (exact) mass is 318 g/mol. The van der Waals surface area contributed by atoms with Gasteiger partial charge in [0, 0.05) is 37.1 Å². The first kappa shape index (κ1) is 15.1. The van der Waals surface area contributed by atoms with Crippen molar-refractivity contribution in [2.75, 3.05) is 13.1 Å². The summed E-state index contributed by atoms with van der Waals surface area (Å²) < 4.78 is 1.89. The first-order valence-electron chi connectivity index (χ1n) is 8.56. The van der Waals surface area contributed by atoms with Crippen molar-refractivity contribution in [3.63, 3.8) is 0 Å². The van der Waals surface area contributed by atoms with Crippen LogP contribution in [0.2, 0.25) is 0 Å². The molecule has 3 heterocycles. The van der Waals surface area contributed by atoms with Gasteiger partial charge in [0.1, 0.15) is 0 Å². The van der Waals surface area contributed by atoms with Gasteiger partial charge in [-0.15, -0.1) is 0 Å². The van der Waals surface area contributed by atoms with Gasteiger partial charge in [0.25, 0.3) is 0 Å². The number of pyridine rings is 1. The molecular weight excluding hydrogens is 296 g/mol. The first-order chi connectivity index (χ1) is 11.8. The van der Waals surface area contributed by atoms with Crippen molar-refractivity contribution in [1.82, 2.24) is 19.7 Å². The molecule has 122 valence electrons. The maximum Gasteiger partial charge on any atom is 0.0702 e. The van der Waals surface area contributed by atoms with E-state index in [4.69, 9.17) is 0 Å². The normalized spacial score (nSPS) is 15.0. The summed E-state index contributed by atoms with van der Waals surface area (Å²) >= 11 is 0. The highest BCUT2D eigenvalue weighted by molar-refractivity contribution is 5.69. The molecule has 4 nitrogen and oxygen atoms in total. The quantitative estimate of drug-likeness (QED) is 0.735. The third kappa shape index (κ3) is 3.10. The average Bonchev–Trinajstić information content (AvgIpc) is 3.27. The molecule has 0 N–H and O–H groups in total. The SMILES string of the molecule is Cn1nccc1-c1cccc(-c2ccc(CN3CCCC3)cn2)c1. The highest BCUT2D eigenvalue weighted by Gasteiger charge is 2.12. The van der Waals surface area contributed by atoms with Crippen molar-refractivity contribution >= 4 is 0 Å². The van der Waals surface area contributed by atoms with E-state index >= 15 is 0 Å². The predicted octanol–water partition coefficient (Wildman–Crippen LogP) is 3.74. The Bertz CT molecular complexity index is 814. The lowest BCUT2D eigenvalue weighted by Crippen LogP contribution is -2.18. The third-order valence-electron chi connectivity index (χ3n) is 4.70. The average molecular weight is 318 g/mol. The summed E-state index contributed by atoms with van der Waals surface area (Å²) in [6.07, 6.45) is 6.50. The Balaban J connectivity index is 1.56. The van der Waals surface area contributed by atoms with Crippen LogP contribution in [0, 0.1) is 0 Å². The molecule has 0 amide bonds. The van der Waals surface area contributed by atoms with E-state index in [1.165, 1.54) is 31.5 Å². The summed E-state index contributed by atoms with van der Waals surface area (Å²) in [5.41, 5.74) is 5.73. The van der Waals surface area contributed by atoms with E-state index < -0.39 is 0 Å². The molecule has 0 aliphatic carbocycles. The van der Waals surface area contributed by atoms with Gasteiger partial charge in [-0.1, -0.05) is 24.3 Å². The maximum atomic E-state index is 4.69. The summed E-state index contributed by atoms with van der Waals surface area (Å²) in [4.78, 5) is 7.19. The second kappa shape index (κ2) is 6.57. The molecular formula is C20H22N4. The summed E-state index contributed by atoms with van der Waals surface area (Å²) in [7, 11) is 1.97. The smallest absolute Gasteiger partial charge is 0.0702 e. The maximum absolute atomic E-state index is 4.69. The highest BCUT2D eigenvalue weighted by Crippen LogP contribution is 2.25. The molecule has 1 aliphatic rings. The van der Waals surface area contributed by atoms with Crippen LogP contribution in [0.4, 0.5) is 0 Å². The van der Waals surface area contributed by atoms with Gasteiger partial charge in [-0.3, -0.25) is 14.6 Å². The molecule has 1 aromatic carbocycles. The minimum Gasteiger partial charge on any atom is -0.299 e. The van der Waals surface area contributed by atoms with Crippen LogP contribution >= 0.6 is 0 Å². The molecule has 1 aliphatic heterocycles. The fourth-order valence-corrected chi connectivity index (χ4v) is 3.38. The number of rotatable bonds is 4. The molecule has 0 spiro atoms. The number of benzene rings is 1. The summed E-state index contributed by atoms with van der Waals surface area (Å²) in [6, 6.07) is 14.9. The molecule has 0 saturated carbocycles. The van der Waals surface area contributed by atoms with Crippen LogP contribution in [0.15, 0.2) is 54.9 Å². The Morgan fingerprint density at radius 2 is 1.83 bits per heavy atom. The zero-order valence-electron chi connectivity index (χ0n) is 14.0.